The Morgan fingerprint density at radius 3 is 2.17 bits per heavy atom. The van der Waals surface area contributed by atoms with Crippen molar-refractivity contribution in [2.24, 2.45) is 11.8 Å². The van der Waals surface area contributed by atoms with Crippen LogP contribution in [0.3, 0.4) is 0 Å². The number of amides is 1. The summed E-state index contributed by atoms with van der Waals surface area (Å²) in [5, 5.41) is 0. The van der Waals surface area contributed by atoms with Gasteiger partial charge in [-0.3, -0.25) is 0 Å². The third-order valence-electron chi connectivity index (χ3n) is 7.45. The first-order chi connectivity index (χ1) is 19.5. The molecule has 0 unspecified atom stereocenters. The zero-order valence-electron chi connectivity index (χ0n) is 27.5. The number of hydrogen-bond donors (Lipinski definition) is 0. The van der Waals surface area contributed by atoms with Crippen LogP contribution in [0.4, 0.5) is 4.79 Å². The molecule has 0 aliphatic heterocycles. The van der Waals surface area contributed by atoms with Crippen molar-refractivity contribution in [3.8, 4) is 11.5 Å². The average Bonchev–Trinajstić information content (AvgIpc) is 2.88. The molecular weight excluding hydrogens is 542 g/mol. The molecule has 1 aromatic carbocycles. The Balaban J connectivity index is 2.59. The molecule has 1 aliphatic carbocycles. The van der Waals surface area contributed by atoms with E-state index in [4.69, 9.17) is 14.2 Å². The van der Waals surface area contributed by atoms with Crippen molar-refractivity contribution < 1.29 is 23.8 Å². The lowest BCUT2D eigenvalue weighted by atomic mass is 9.75. The van der Waals surface area contributed by atoms with Crippen LogP contribution >= 0.6 is 0 Å². The molecule has 7 heteroatoms. The lowest BCUT2D eigenvalue weighted by Crippen LogP contribution is -2.43. The van der Waals surface area contributed by atoms with Crippen LogP contribution in [0.25, 0.3) is 0 Å². The van der Waals surface area contributed by atoms with Gasteiger partial charge in [0.05, 0.1) is 0 Å². The summed E-state index contributed by atoms with van der Waals surface area (Å²) in [7, 11) is -0.117. The molecule has 1 amide bonds. The van der Waals surface area contributed by atoms with E-state index in [1.807, 2.05) is 84.9 Å². The summed E-state index contributed by atoms with van der Waals surface area (Å²) < 4.78 is 18.0. The highest BCUT2D eigenvalue weighted by atomic mass is 28.3. The summed E-state index contributed by atoms with van der Waals surface area (Å²) in [6, 6.07) is 9.30. The number of carbonyl (C=O) groups is 2. The minimum atomic E-state index is -1.62. The van der Waals surface area contributed by atoms with Crippen molar-refractivity contribution in [3.63, 3.8) is 0 Å². The quantitative estimate of drug-likeness (QED) is 0.118. The fraction of sp³-hybridized carbons (Fsp3) is 0.543. The van der Waals surface area contributed by atoms with Gasteiger partial charge in [0.15, 0.2) is 6.10 Å². The van der Waals surface area contributed by atoms with Crippen LogP contribution < -0.4 is 0 Å². The van der Waals surface area contributed by atoms with Crippen molar-refractivity contribution in [2.45, 2.75) is 105 Å². The van der Waals surface area contributed by atoms with Crippen molar-refractivity contribution in [1.82, 2.24) is 4.90 Å². The molecule has 4 atom stereocenters. The van der Waals surface area contributed by atoms with E-state index in [1.54, 1.807) is 4.90 Å². The number of nitrogens with zero attached hydrogens (tertiary/aromatic N) is 1. The van der Waals surface area contributed by atoms with Gasteiger partial charge in [0, 0.05) is 31.5 Å². The Kier molecular flexibility index (Phi) is 12.9. The van der Waals surface area contributed by atoms with Crippen molar-refractivity contribution in [2.75, 3.05) is 7.11 Å². The number of rotatable bonds is 10. The van der Waals surface area contributed by atoms with Crippen molar-refractivity contribution in [3.05, 3.63) is 71.0 Å². The highest BCUT2D eigenvalue weighted by Crippen LogP contribution is 2.41. The van der Waals surface area contributed by atoms with Crippen LogP contribution in [-0.2, 0) is 19.0 Å². The predicted octanol–water partition coefficient (Wildman–Crippen LogP) is 8.24. The van der Waals surface area contributed by atoms with Gasteiger partial charge >= 0.3 is 12.1 Å². The number of methoxy groups -OCH3 is 1. The molecule has 1 aromatic rings. The molecule has 0 bridgehead atoms. The summed E-state index contributed by atoms with van der Waals surface area (Å²) >= 11 is 0. The van der Waals surface area contributed by atoms with Gasteiger partial charge in [0.25, 0.3) is 0 Å². The zero-order chi connectivity index (χ0) is 31.8. The van der Waals surface area contributed by atoms with Gasteiger partial charge in [-0.05, 0) is 83.6 Å². The maximum atomic E-state index is 13.6. The van der Waals surface area contributed by atoms with Crippen LogP contribution in [0.5, 0.6) is 0 Å². The Labute approximate surface area is 255 Å². The second-order valence-electron chi connectivity index (χ2n) is 12.9. The van der Waals surface area contributed by atoms with Crippen LogP contribution in [0, 0.1) is 23.3 Å². The van der Waals surface area contributed by atoms with E-state index in [9.17, 15) is 9.59 Å². The number of hydrogen-bond acceptors (Lipinski definition) is 5. The summed E-state index contributed by atoms with van der Waals surface area (Å²) in [5.41, 5.74) is 6.84. The maximum Gasteiger partial charge on any atom is 0.415 e. The molecule has 6 nitrogen and oxygen atoms in total. The fourth-order valence-electron chi connectivity index (χ4n) is 5.21. The molecule has 2 rings (SSSR count). The van der Waals surface area contributed by atoms with E-state index in [-0.39, 0.29) is 30.0 Å². The minimum absolute atomic E-state index is 0.0112. The van der Waals surface area contributed by atoms with Gasteiger partial charge in [-0.1, -0.05) is 68.0 Å². The number of carbonyl (C=O) groups excluding carboxylic acids is 2. The molecule has 0 fully saturated rings. The van der Waals surface area contributed by atoms with Gasteiger partial charge in [-0.2, -0.15) is 0 Å². The van der Waals surface area contributed by atoms with E-state index in [2.05, 4.69) is 37.7 Å². The molecule has 230 valence electrons. The third-order valence-corrected chi connectivity index (χ3v) is 8.32. The number of benzene rings is 1. The average molecular weight is 594 g/mol. The van der Waals surface area contributed by atoms with E-state index < -0.39 is 26.3 Å². The van der Waals surface area contributed by atoms with Gasteiger partial charge in [0.1, 0.15) is 19.9 Å². The minimum Gasteiger partial charge on any atom is -0.455 e. The maximum absolute atomic E-state index is 13.6. The van der Waals surface area contributed by atoms with Crippen LogP contribution in [0.1, 0.15) is 73.0 Å². The standard InChI is InChI=1S/C35H51NO5Si/c1-23(2)29-21-30(27(8)31(22-29)41-35(38)36(24(3)4)25(5)6)32(20-26(7)18-19-42(10,11)12)40-34(37)33(39-9)28-16-14-13-15-17-28/h13-17,20,24-25,29-30,32-33H,1,21-22H2,2-12H3/b26-20+/t29-,30-,32-,33-/m1/s1. The highest BCUT2D eigenvalue weighted by Gasteiger charge is 2.37. The number of esters is 1. The topological polar surface area (TPSA) is 65.1 Å². The summed E-state index contributed by atoms with van der Waals surface area (Å²) in [6.45, 7) is 24.6. The second kappa shape index (κ2) is 15.4. The van der Waals surface area contributed by atoms with Crippen LogP contribution in [0.2, 0.25) is 19.6 Å². The van der Waals surface area contributed by atoms with Gasteiger partial charge in [0.2, 0.25) is 0 Å². The highest BCUT2D eigenvalue weighted by molar-refractivity contribution is 6.83. The van der Waals surface area contributed by atoms with E-state index in [1.165, 1.54) is 7.11 Å². The van der Waals surface area contributed by atoms with E-state index in [0.29, 0.717) is 18.6 Å². The van der Waals surface area contributed by atoms with Crippen molar-refractivity contribution in [1.29, 1.82) is 0 Å². The first-order valence-electron chi connectivity index (χ1n) is 14.9. The molecule has 42 heavy (non-hydrogen) atoms. The monoisotopic (exact) mass is 593 g/mol. The van der Waals surface area contributed by atoms with Crippen LogP contribution in [-0.4, -0.2) is 50.3 Å². The van der Waals surface area contributed by atoms with Gasteiger partial charge in [-0.25, -0.2) is 9.59 Å². The normalized spacial score (nSPS) is 19.1. The molecule has 0 heterocycles. The Morgan fingerprint density at radius 1 is 1.07 bits per heavy atom. The van der Waals surface area contributed by atoms with Gasteiger partial charge in [-0.15, -0.1) is 5.54 Å². The summed E-state index contributed by atoms with van der Waals surface area (Å²) in [5.74, 6) is 3.25. The van der Waals surface area contributed by atoms with E-state index in [0.717, 1.165) is 22.3 Å². The Morgan fingerprint density at radius 2 is 1.67 bits per heavy atom. The molecule has 0 saturated carbocycles. The molecular formula is C35H51NO5Si. The first-order valence-corrected chi connectivity index (χ1v) is 18.4. The van der Waals surface area contributed by atoms with Gasteiger partial charge < -0.3 is 19.1 Å². The third kappa shape index (κ3) is 10.0. The summed E-state index contributed by atoms with van der Waals surface area (Å²) in [4.78, 5) is 28.7. The molecule has 1 aliphatic rings. The zero-order valence-corrected chi connectivity index (χ0v) is 28.5. The lowest BCUT2D eigenvalue weighted by molar-refractivity contribution is -0.161. The molecule has 0 aromatic heterocycles. The number of ether oxygens (including phenoxy) is 3. The van der Waals surface area contributed by atoms with E-state index >= 15 is 0 Å². The Bertz CT molecular complexity index is 1220. The second-order valence-corrected chi connectivity index (χ2v) is 17.7. The molecule has 0 N–H and O–H groups in total. The molecule has 0 radical (unpaired) electrons. The SMILES string of the molecule is C=C(C)[C@H]1CC(OC(=O)N(C(C)C)C(C)C)=C(C)[C@H]([C@@H](/C=C(\C)C#C[Si](C)(C)C)OC(=O)[C@H](OC)c2ccccc2)C1. The molecule has 0 spiro atoms. The summed E-state index contributed by atoms with van der Waals surface area (Å²) in [6.07, 6.45) is 1.31. The smallest absolute Gasteiger partial charge is 0.415 e. The lowest BCUT2D eigenvalue weighted by Gasteiger charge is -2.37. The van der Waals surface area contributed by atoms with Crippen LogP contribution in [0.15, 0.2) is 65.5 Å². The largest absolute Gasteiger partial charge is 0.455 e. The molecule has 0 saturated heterocycles. The Hall–Kier alpha value is -3.08. The van der Waals surface area contributed by atoms with Crippen molar-refractivity contribution >= 4 is 20.1 Å². The first kappa shape index (κ1) is 35.1. The fourth-order valence-corrected chi connectivity index (χ4v) is 5.78. The number of allylic oxidation sites excluding steroid dienone is 3. The predicted molar refractivity (Wildman–Crippen MR) is 173 cm³/mol.